The average Bonchev–Trinajstić information content (AvgIpc) is 2.94. The van der Waals surface area contributed by atoms with Gasteiger partial charge in [0.2, 0.25) is 0 Å². The number of fused-ring (bicyclic) bond motifs is 2. The molecular weight excluding hydrogens is 492 g/mol. The minimum Gasteiger partial charge on any atom is -0.493 e. The highest BCUT2D eigenvalue weighted by molar-refractivity contribution is 5.82. The second kappa shape index (κ2) is 14.8. The summed E-state index contributed by atoms with van der Waals surface area (Å²) in [4.78, 5) is 5.03. The summed E-state index contributed by atoms with van der Waals surface area (Å²) in [6.07, 6.45) is 19.6. The fourth-order valence-corrected chi connectivity index (χ4v) is 6.95. The molecule has 0 radical (unpaired) electrons. The van der Waals surface area contributed by atoms with E-state index < -0.39 is 0 Å². The van der Waals surface area contributed by atoms with Crippen molar-refractivity contribution < 1.29 is 9.47 Å². The van der Waals surface area contributed by atoms with E-state index in [1.54, 1.807) is 0 Å². The average molecular weight is 549 g/mol. The van der Waals surface area contributed by atoms with E-state index in [9.17, 15) is 0 Å². The molecule has 1 aromatic carbocycles. The fourth-order valence-electron chi connectivity index (χ4n) is 6.95. The summed E-state index contributed by atoms with van der Waals surface area (Å²) in [7, 11) is 0. The maximum absolute atomic E-state index is 6.80. The monoisotopic (exact) mass is 548 g/mol. The van der Waals surface area contributed by atoms with Gasteiger partial charge in [-0.15, -0.1) is 6.42 Å². The minimum atomic E-state index is -0.315. The predicted octanol–water partition coefficient (Wildman–Crippen LogP) is 8.31. The highest BCUT2D eigenvalue weighted by atomic mass is 16.5. The van der Waals surface area contributed by atoms with Crippen molar-refractivity contribution in [2.45, 2.75) is 117 Å². The maximum atomic E-state index is 6.80. The maximum Gasteiger partial charge on any atom is 0.132 e. The first-order valence-corrected chi connectivity index (χ1v) is 16.4. The van der Waals surface area contributed by atoms with Crippen molar-refractivity contribution >= 4 is 5.57 Å². The van der Waals surface area contributed by atoms with Gasteiger partial charge in [-0.1, -0.05) is 58.8 Å². The van der Waals surface area contributed by atoms with Crippen LogP contribution in [0.25, 0.3) is 5.57 Å². The molecule has 3 aliphatic heterocycles. The van der Waals surface area contributed by atoms with Crippen LogP contribution >= 0.6 is 0 Å². The van der Waals surface area contributed by atoms with E-state index >= 15 is 0 Å². The van der Waals surface area contributed by atoms with E-state index in [0.29, 0.717) is 18.4 Å². The van der Waals surface area contributed by atoms with Gasteiger partial charge in [-0.2, -0.15) is 0 Å². The molecule has 1 aromatic rings. The van der Waals surface area contributed by atoms with Crippen LogP contribution in [0.1, 0.15) is 122 Å². The second-order valence-corrected chi connectivity index (χ2v) is 13.2. The van der Waals surface area contributed by atoms with Crippen LogP contribution in [0.5, 0.6) is 11.5 Å². The van der Waals surface area contributed by atoms with Crippen molar-refractivity contribution in [1.82, 2.24) is 9.80 Å². The molecule has 222 valence electrons. The number of ether oxygens (including phenoxy) is 2. The quantitative estimate of drug-likeness (QED) is 0.172. The standard InChI is InChI=1S/C36H56N2O2/c1-7-9-12-17-28(3)29(4)30-25-33(39-24-16-11-15-22-37-20-13-10-14-21-37)35-31-27-38(19-8-2)23-18-32(31)36(5,6)40-34(35)26-30/h2,25-26,28-29H,7,9-24,27H2,1,3-6H3. The first-order chi connectivity index (χ1) is 19.3. The Hall–Kier alpha value is -1.96. The van der Waals surface area contributed by atoms with E-state index in [-0.39, 0.29) is 5.60 Å². The summed E-state index contributed by atoms with van der Waals surface area (Å²) in [5.41, 5.74) is 5.00. The number of piperidine rings is 1. The summed E-state index contributed by atoms with van der Waals surface area (Å²) in [5.74, 6) is 5.96. The lowest BCUT2D eigenvalue weighted by atomic mass is 9.79. The molecular formula is C36H56N2O2. The van der Waals surface area contributed by atoms with Gasteiger partial charge >= 0.3 is 0 Å². The number of hydrogen-bond acceptors (Lipinski definition) is 4. The Morgan fingerprint density at radius 1 is 1.00 bits per heavy atom. The van der Waals surface area contributed by atoms with Crippen LogP contribution in [0.2, 0.25) is 0 Å². The first-order valence-electron chi connectivity index (χ1n) is 16.4. The van der Waals surface area contributed by atoms with Gasteiger partial charge in [0.1, 0.15) is 17.1 Å². The first kappa shape index (κ1) is 31.0. The molecule has 0 N–H and O–H groups in total. The number of benzene rings is 1. The van der Waals surface area contributed by atoms with Crippen LogP contribution in [0.3, 0.4) is 0 Å². The molecule has 0 amide bonds. The lowest BCUT2D eigenvalue weighted by Gasteiger charge is -2.42. The minimum absolute atomic E-state index is 0.315. The lowest BCUT2D eigenvalue weighted by molar-refractivity contribution is 0.131. The molecule has 1 fully saturated rings. The Morgan fingerprint density at radius 3 is 2.55 bits per heavy atom. The number of hydrogen-bond donors (Lipinski definition) is 0. The Balaban J connectivity index is 1.54. The summed E-state index contributed by atoms with van der Waals surface area (Å²) in [6.45, 7) is 18.7. The van der Waals surface area contributed by atoms with Gasteiger partial charge in [-0.25, -0.2) is 0 Å². The van der Waals surface area contributed by atoms with Crippen molar-refractivity contribution in [2.75, 3.05) is 45.9 Å². The Labute approximate surface area is 245 Å². The van der Waals surface area contributed by atoms with E-state index in [0.717, 1.165) is 44.0 Å². The third-order valence-electron chi connectivity index (χ3n) is 9.69. The van der Waals surface area contributed by atoms with Gasteiger partial charge in [0, 0.05) is 13.1 Å². The number of nitrogens with zero attached hydrogens (tertiary/aromatic N) is 2. The molecule has 3 aliphatic rings. The van der Waals surface area contributed by atoms with E-state index in [4.69, 9.17) is 15.9 Å². The van der Waals surface area contributed by atoms with Crippen molar-refractivity contribution in [2.24, 2.45) is 5.92 Å². The lowest BCUT2D eigenvalue weighted by Crippen LogP contribution is -2.42. The number of rotatable bonds is 14. The number of unbranched alkanes of at least 4 members (excludes halogenated alkanes) is 4. The van der Waals surface area contributed by atoms with Crippen LogP contribution in [-0.2, 0) is 0 Å². The van der Waals surface area contributed by atoms with Crippen molar-refractivity contribution in [3.8, 4) is 23.8 Å². The molecule has 40 heavy (non-hydrogen) atoms. The Morgan fingerprint density at radius 2 is 1.80 bits per heavy atom. The van der Waals surface area contributed by atoms with E-state index in [1.807, 2.05) is 0 Å². The van der Waals surface area contributed by atoms with Gasteiger partial charge in [-0.3, -0.25) is 4.90 Å². The SMILES string of the molecule is C#CCN1CCC2=C(C1)c1c(OCCCCCN3CCCCC3)cc(C(C)C(C)CCCCC)cc1OC2(C)C. The van der Waals surface area contributed by atoms with Crippen LogP contribution in [0, 0.1) is 18.3 Å². The van der Waals surface area contributed by atoms with Crippen LogP contribution in [0.15, 0.2) is 17.7 Å². The van der Waals surface area contributed by atoms with Gasteiger partial charge in [0.25, 0.3) is 0 Å². The predicted molar refractivity (Wildman–Crippen MR) is 169 cm³/mol. The summed E-state index contributed by atoms with van der Waals surface area (Å²) >= 11 is 0. The molecule has 3 heterocycles. The molecule has 0 aromatic heterocycles. The smallest absolute Gasteiger partial charge is 0.132 e. The third-order valence-corrected chi connectivity index (χ3v) is 9.69. The third kappa shape index (κ3) is 7.86. The normalized spacial score (nSPS) is 20.7. The zero-order valence-electron chi connectivity index (χ0n) is 26.3. The summed E-state index contributed by atoms with van der Waals surface area (Å²) in [5, 5.41) is 0. The van der Waals surface area contributed by atoms with E-state index in [2.05, 4.69) is 62.5 Å². The summed E-state index contributed by atoms with van der Waals surface area (Å²) < 4.78 is 13.5. The molecule has 4 nitrogen and oxygen atoms in total. The van der Waals surface area contributed by atoms with Gasteiger partial charge in [0.05, 0.1) is 18.7 Å². The largest absolute Gasteiger partial charge is 0.493 e. The second-order valence-electron chi connectivity index (χ2n) is 13.2. The van der Waals surface area contributed by atoms with Gasteiger partial charge in [0.15, 0.2) is 0 Å². The highest BCUT2D eigenvalue weighted by Crippen LogP contribution is 2.49. The molecule has 4 heteroatoms. The molecule has 0 spiro atoms. The van der Waals surface area contributed by atoms with Crippen LogP contribution < -0.4 is 9.47 Å². The van der Waals surface area contributed by atoms with Crippen molar-refractivity contribution in [3.63, 3.8) is 0 Å². The molecule has 2 unspecified atom stereocenters. The fraction of sp³-hybridized carbons (Fsp3) is 0.722. The molecule has 1 saturated heterocycles. The molecule has 0 bridgehead atoms. The van der Waals surface area contributed by atoms with Crippen molar-refractivity contribution in [3.05, 3.63) is 28.8 Å². The zero-order valence-corrected chi connectivity index (χ0v) is 26.3. The Bertz CT molecular complexity index is 1030. The van der Waals surface area contributed by atoms with Crippen LogP contribution in [-0.4, -0.2) is 61.3 Å². The summed E-state index contributed by atoms with van der Waals surface area (Å²) in [6, 6.07) is 4.67. The van der Waals surface area contributed by atoms with Crippen LogP contribution in [0.4, 0.5) is 0 Å². The number of likely N-dealkylation sites (tertiary alicyclic amines) is 1. The topological polar surface area (TPSA) is 24.9 Å². The Kier molecular flexibility index (Phi) is 11.5. The molecule has 4 rings (SSSR count). The zero-order chi connectivity index (χ0) is 28.5. The van der Waals surface area contributed by atoms with Gasteiger partial charge < -0.3 is 14.4 Å². The van der Waals surface area contributed by atoms with Crippen molar-refractivity contribution in [1.29, 1.82) is 0 Å². The molecule has 2 atom stereocenters. The highest BCUT2D eigenvalue weighted by Gasteiger charge is 2.39. The molecule has 0 aliphatic carbocycles. The number of terminal acetylenes is 1. The molecule has 0 saturated carbocycles. The van der Waals surface area contributed by atoms with E-state index in [1.165, 1.54) is 99.7 Å². The van der Waals surface area contributed by atoms with Gasteiger partial charge in [-0.05, 0) is 113 Å².